The van der Waals surface area contributed by atoms with Crippen molar-refractivity contribution in [1.29, 1.82) is 0 Å². The van der Waals surface area contributed by atoms with Crippen LogP contribution in [0.15, 0.2) is 36.4 Å². The molecule has 0 aliphatic heterocycles. The third-order valence-corrected chi connectivity index (χ3v) is 2.39. The van der Waals surface area contributed by atoms with Gasteiger partial charge in [0, 0.05) is 12.0 Å². The van der Waals surface area contributed by atoms with Crippen LogP contribution < -0.4 is 0 Å². The lowest BCUT2D eigenvalue weighted by molar-refractivity contribution is 0.600. The molecule has 0 bridgehead atoms. The van der Waals surface area contributed by atoms with E-state index in [2.05, 4.69) is 0 Å². The van der Waals surface area contributed by atoms with Crippen molar-refractivity contribution in [2.45, 2.75) is 13.3 Å². The predicted octanol–water partition coefficient (Wildman–Crippen LogP) is 2.13. The van der Waals surface area contributed by atoms with Crippen LogP contribution in [-0.2, 0) is 9.84 Å². The summed E-state index contributed by atoms with van der Waals surface area (Å²) in [4.78, 5) is 0. The summed E-state index contributed by atoms with van der Waals surface area (Å²) in [5, 5.41) is 0. The average molecular weight is 200 g/mol. The monoisotopic (exact) mass is 200 g/mol. The first-order valence-corrected chi connectivity index (χ1v) is 6.30. The number of hydrogen-bond donors (Lipinski definition) is 0. The van der Waals surface area contributed by atoms with E-state index in [1.54, 1.807) is 0 Å². The van der Waals surface area contributed by atoms with Gasteiger partial charge >= 0.3 is 0 Å². The van der Waals surface area contributed by atoms with E-state index in [4.69, 9.17) is 0 Å². The molecule has 0 fully saturated rings. The molecule has 0 radical (unpaired) electrons. The van der Waals surface area contributed by atoms with E-state index in [0.717, 1.165) is 6.42 Å². The van der Waals surface area contributed by atoms with Crippen molar-refractivity contribution >= 4 is 9.84 Å². The standard InChI is InChI=1S/C6H6.C4H10O2S/c1-2-4-6-5-3-1;1-3-4-7(2,5)6/h1-6H;3-4H2,1-2H3. The fourth-order valence-corrected chi connectivity index (χ4v) is 1.50. The van der Waals surface area contributed by atoms with E-state index in [-0.39, 0.29) is 0 Å². The van der Waals surface area contributed by atoms with E-state index in [1.807, 2.05) is 43.3 Å². The Bertz CT molecular complexity index is 263. The van der Waals surface area contributed by atoms with E-state index < -0.39 is 9.84 Å². The Morgan fingerprint density at radius 3 is 1.31 bits per heavy atom. The highest BCUT2D eigenvalue weighted by atomic mass is 32.2. The maximum absolute atomic E-state index is 10.2. The Morgan fingerprint density at radius 1 is 0.923 bits per heavy atom. The van der Waals surface area contributed by atoms with Gasteiger partial charge in [-0.1, -0.05) is 43.3 Å². The van der Waals surface area contributed by atoms with Gasteiger partial charge < -0.3 is 0 Å². The quantitative estimate of drug-likeness (QED) is 0.733. The minimum Gasteiger partial charge on any atom is -0.229 e. The number of benzene rings is 1. The van der Waals surface area contributed by atoms with E-state index >= 15 is 0 Å². The molecule has 0 N–H and O–H groups in total. The maximum Gasteiger partial charge on any atom is 0.147 e. The van der Waals surface area contributed by atoms with Gasteiger partial charge in [0.2, 0.25) is 0 Å². The first-order valence-electron chi connectivity index (χ1n) is 4.24. The Labute approximate surface area is 80.5 Å². The molecule has 1 aromatic carbocycles. The van der Waals surface area contributed by atoms with Crippen molar-refractivity contribution in [2.24, 2.45) is 0 Å². The Kier molecular flexibility index (Phi) is 6.24. The molecule has 0 atom stereocenters. The lowest BCUT2D eigenvalue weighted by Crippen LogP contribution is -2.00. The molecule has 3 heteroatoms. The van der Waals surface area contributed by atoms with Crippen molar-refractivity contribution in [3.63, 3.8) is 0 Å². The van der Waals surface area contributed by atoms with Gasteiger partial charge in [0.1, 0.15) is 9.84 Å². The maximum atomic E-state index is 10.2. The van der Waals surface area contributed by atoms with Gasteiger partial charge in [-0.05, 0) is 6.42 Å². The number of rotatable bonds is 2. The topological polar surface area (TPSA) is 34.1 Å². The van der Waals surface area contributed by atoms with Crippen LogP contribution in [0.25, 0.3) is 0 Å². The Balaban J connectivity index is 0.000000223. The molecule has 0 aromatic heterocycles. The molecule has 0 aliphatic carbocycles. The summed E-state index contributed by atoms with van der Waals surface area (Å²) >= 11 is 0. The zero-order chi connectivity index (χ0) is 10.2. The van der Waals surface area contributed by atoms with Crippen LogP contribution >= 0.6 is 0 Å². The van der Waals surface area contributed by atoms with Gasteiger partial charge in [0.25, 0.3) is 0 Å². The summed E-state index contributed by atoms with van der Waals surface area (Å²) < 4.78 is 20.5. The van der Waals surface area contributed by atoms with Crippen LogP contribution in [0.2, 0.25) is 0 Å². The molecule has 0 amide bonds. The number of sulfone groups is 1. The van der Waals surface area contributed by atoms with E-state index in [9.17, 15) is 8.42 Å². The first kappa shape index (κ1) is 12.2. The Morgan fingerprint density at radius 2 is 1.23 bits per heavy atom. The van der Waals surface area contributed by atoms with Crippen LogP contribution in [0.4, 0.5) is 0 Å². The molecule has 74 valence electrons. The highest BCUT2D eigenvalue weighted by Crippen LogP contribution is 1.84. The van der Waals surface area contributed by atoms with E-state index in [0.29, 0.717) is 5.75 Å². The first-order chi connectivity index (χ1) is 6.06. The van der Waals surface area contributed by atoms with Gasteiger partial charge in [-0.2, -0.15) is 0 Å². The second kappa shape index (κ2) is 6.66. The van der Waals surface area contributed by atoms with Crippen LogP contribution in [-0.4, -0.2) is 20.4 Å². The molecule has 0 spiro atoms. The zero-order valence-corrected chi connectivity index (χ0v) is 8.92. The average Bonchev–Trinajstić information content (AvgIpc) is 2.06. The minimum atomic E-state index is -2.67. The molecular formula is C10H16O2S. The van der Waals surface area contributed by atoms with Gasteiger partial charge in [0.15, 0.2) is 0 Å². The Hall–Kier alpha value is -0.830. The molecule has 0 saturated heterocycles. The summed E-state index contributed by atoms with van der Waals surface area (Å²) in [6.07, 6.45) is 1.97. The smallest absolute Gasteiger partial charge is 0.147 e. The van der Waals surface area contributed by atoms with Crippen LogP contribution in [0.1, 0.15) is 13.3 Å². The predicted molar refractivity (Wildman–Crippen MR) is 56.4 cm³/mol. The van der Waals surface area contributed by atoms with Crippen LogP contribution in [0.3, 0.4) is 0 Å². The SMILES string of the molecule is CCCS(C)(=O)=O.c1ccccc1. The largest absolute Gasteiger partial charge is 0.229 e. The second-order valence-electron chi connectivity index (χ2n) is 2.78. The zero-order valence-electron chi connectivity index (χ0n) is 8.10. The summed E-state index contributed by atoms with van der Waals surface area (Å²) in [7, 11) is -2.67. The van der Waals surface area contributed by atoms with Crippen molar-refractivity contribution in [1.82, 2.24) is 0 Å². The fraction of sp³-hybridized carbons (Fsp3) is 0.400. The highest BCUT2D eigenvalue weighted by molar-refractivity contribution is 7.90. The van der Waals surface area contributed by atoms with Gasteiger partial charge in [0.05, 0.1) is 0 Å². The summed E-state index contributed by atoms with van der Waals surface area (Å²) in [6.45, 7) is 1.85. The molecular weight excluding hydrogens is 184 g/mol. The lowest BCUT2D eigenvalue weighted by Gasteiger charge is -1.87. The lowest BCUT2D eigenvalue weighted by atomic mass is 10.4. The fourth-order valence-electron chi connectivity index (χ4n) is 0.756. The molecule has 1 rings (SSSR count). The van der Waals surface area contributed by atoms with Gasteiger partial charge in [-0.3, -0.25) is 0 Å². The van der Waals surface area contributed by atoms with Crippen molar-refractivity contribution in [3.8, 4) is 0 Å². The molecule has 0 saturated carbocycles. The van der Waals surface area contributed by atoms with Crippen molar-refractivity contribution < 1.29 is 8.42 Å². The third-order valence-electron chi connectivity index (χ3n) is 1.24. The highest BCUT2D eigenvalue weighted by Gasteiger charge is 1.95. The third kappa shape index (κ3) is 11.2. The molecule has 2 nitrogen and oxygen atoms in total. The molecule has 0 unspecified atom stereocenters. The van der Waals surface area contributed by atoms with Gasteiger partial charge in [-0.25, -0.2) is 8.42 Å². The summed E-state index contributed by atoms with van der Waals surface area (Å²) in [5.41, 5.74) is 0. The second-order valence-corrected chi connectivity index (χ2v) is 5.04. The normalized spacial score (nSPS) is 10.0. The van der Waals surface area contributed by atoms with Crippen LogP contribution in [0.5, 0.6) is 0 Å². The van der Waals surface area contributed by atoms with E-state index in [1.165, 1.54) is 6.26 Å². The molecule has 13 heavy (non-hydrogen) atoms. The van der Waals surface area contributed by atoms with Crippen molar-refractivity contribution in [2.75, 3.05) is 12.0 Å². The van der Waals surface area contributed by atoms with Crippen molar-refractivity contribution in [3.05, 3.63) is 36.4 Å². The number of hydrogen-bond acceptors (Lipinski definition) is 2. The minimum absolute atomic E-state index is 0.312. The molecule has 1 aromatic rings. The van der Waals surface area contributed by atoms with Gasteiger partial charge in [-0.15, -0.1) is 0 Å². The summed E-state index contributed by atoms with van der Waals surface area (Å²) in [5.74, 6) is 0.312. The summed E-state index contributed by atoms with van der Waals surface area (Å²) in [6, 6.07) is 12.0. The van der Waals surface area contributed by atoms with Crippen LogP contribution in [0, 0.1) is 0 Å². The molecule has 0 aliphatic rings. The molecule has 0 heterocycles.